The number of amides is 1. The Labute approximate surface area is 110 Å². The van der Waals surface area contributed by atoms with E-state index in [1.54, 1.807) is 36.0 Å². The molecule has 0 fully saturated rings. The fourth-order valence-electron chi connectivity index (χ4n) is 1.20. The minimum absolute atomic E-state index is 0.0384. The van der Waals surface area contributed by atoms with Gasteiger partial charge in [0.15, 0.2) is 6.61 Å². The lowest BCUT2D eigenvalue weighted by atomic mass is 10.3. The number of ether oxygens (including phenoxy) is 1. The Hall–Kier alpha value is -1.69. The summed E-state index contributed by atoms with van der Waals surface area (Å²) in [4.78, 5) is 21.7. The van der Waals surface area contributed by atoms with Crippen molar-refractivity contribution < 1.29 is 19.4 Å². The number of anilines is 1. The summed E-state index contributed by atoms with van der Waals surface area (Å²) in [5, 5.41) is 11.2. The molecule has 0 heterocycles. The maximum Gasteiger partial charge on any atom is 0.341 e. The summed E-state index contributed by atoms with van der Waals surface area (Å²) in [5.74, 6) is 0.179. The minimum Gasteiger partial charge on any atom is -0.482 e. The van der Waals surface area contributed by atoms with Crippen LogP contribution in [0.25, 0.3) is 0 Å². The zero-order valence-electron chi connectivity index (χ0n) is 10.0. The van der Waals surface area contributed by atoms with Crippen molar-refractivity contribution in [2.24, 2.45) is 0 Å². The van der Waals surface area contributed by atoms with E-state index in [1.165, 1.54) is 0 Å². The number of nitrogens with one attached hydrogen (secondary N) is 1. The van der Waals surface area contributed by atoms with E-state index < -0.39 is 5.97 Å². The Balaban J connectivity index is 2.44. The van der Waals surface area contributed by atoms with Gasteiger partial charge in [-0.3, -0.25) is 4.79 Å². The molecule has 18 heavy (non-hydrogen) atoms. The van der Waals surface area contributed by atoms with Crippen LogP contribution in [-0.4, -0.2) is 35.6 Å². The summed E-state index contributed by atoms with van der Waals surface area (Å²) >= 11 is 1.62. The van der Waals surface area contributed by atoms with Crippen molar-refractivity contribution >= 4 is 29.3 Å². The lowest BCUT2D eigenvalue weighted by Crippen LogP contribution is -2.12. The minimum atomic E-state index is -1.02. The molecule has 0 radical (unpaired) electrons. The number of hydrogen-bond donors (Lipinski definition) is 2. The third-order valence-corrected chi connectivity index (χ3v) is 2.65. The van der Waals surface area contributed by atoms with Crippen LogP contribution < -0.4 is 10.1 Å². The fraction of sp³-hybridized carbons (Fsp3) is 0.333. The molecule has 0 bridgehead atoms. The summed E-state index contributed by atoms with van der Waals surface area (Å²) in [6, 6.07) is 6.59. The monoisotopic (exact) mass is 269 g/mol. The molecule has 0 saturated heterocycles. The average molecular weight is 269 g/mol. The molecular formula is C12H15NO4S. The van der Waals surface area contributed by atoms with Crippen LogP contribution in [0.15, 0.2) is 24.3 Å². The molecule has 98 valence electrons. The highest BCUT2D eigenvalue weighted by atomic mass is 32.2. The maximum atomic E-state index is 11.4. The van der Waals surface area contributed by atoms with Gasteiger partial charge >= 0.3 is 5.97 Å². The van der Waals surface area contributed by atoms with Crippen LogP contribution in [0.4, 0.5) is 5.69 Å². The van der Waals surface area contributed by atoms with E-state index in [9.17, 15) is 9.59 Å². The van der Waals surface area contributed by atoms with Gasteiger partial charge in [0.1, 0.15) is 5.75 Å². The van der Waals surface area contributed by atoms with Crippen molar-refractivity contribution in [2.75, 3.05) is 23.9 Å². The van der Waals surface area contributed by atoms with Gasteiger partial charge in [-0.2, -0.15) is 11.8 Å². The highest BCUT2D eigenvalue weighted by Gasteiger charge is 2.03. The van der Waals surface area contributed by atoms with Crippen molar-refractivity contribution in [3.63, 3.8) is 0 Å². The highest BCUT2D eigenvalue weighted by Crippen LogP contribution is 2.15. The second-order valence-electron chi connectivity index (χ2n) is 3.50. The lowest BCUT2D eigenvalue weighted by molar-refractivity contribution is -0.139. The largest absolute Gasteiger partial charge is 0.482 e. The summed E-state index contributed by atoms with van der Waals surface area (Å²) in [6.45, 7) is -0.376. The predicted molar refractivity (Wildman–Crippen MR) is 71.2 cm³/mol. The molecule has 0 atom stereocenters. The van der Waals surface area contributed by atoms with Gasteiger partial charge in [-0.1, -0.05) is 0 Å². The predicted octanol–water partition coefficient (Wildman–Crippen LogP) is 1.84. The molecule has 1 amide bonds. The zero-order chi connectivity index (χ0) is 13.4. The fourth-order valence-corrected chi connectivity index (χ4v) is 1.59. The SMILES string of the molecule is CSCCC(=O)Nc1ccc(OCC(=O)O)cc1. The molecule has 0 aliphatic rings. The number of carbonyl (C=O) groups excluding carboxylic acids is 1. The first-order chi connectivity index (χ1) is 8.61. The van der Waals surface area contributed by atoms with E-state index in [4.69, 9.17) is 9.84 Å². The Kier molecular flexibility index (Phi) is 6.07. The number of benzene rings is 1. The quantitative estimate of drug-likeness (QED) is 0.790. The Morgan fingerprint density at radius 3 is 2.56 bits per heavy atom. The van der Waals surface area contributed by atoms with Gasteiger partial charge in [-0.15, -0.1) is 0 Å². The number of carboxylic acid groups (broad SMARTS) is 1. The third-order valence-electron chi connectivity index (χ3n) is 2.03. The molecule has 5 nitrogen and oxygen atoms in total. The van der Waals surface area contributed by atoms with E-state index in [0.717, 1.165) is 5.75 Å². The number of aliphatic carboxylic acids is 1. The first-order valence-corrected chi connectivity index (χ1v) is 6.74. The van der Waals surface area contributed by atoms with Crippen LogP contribution in [0, 0.1) is 0 Å². The standard InChI is InChI=1S/C12H15NO4S/c1-18-7-6-11(14)13-9-2-4-10(5-3-9)17-8-12(15)16/h2-5H,6-8H2,1H3,(H,13,14)(H,15,16). The van der Waals surface area contributed by atoms with Crippen molar-refractivity contribution in [3.05, 3.63) is 24.3 Å². The smallest absolute Gasteiger partial charge is 0.341 e. The van der Waals surface area contributed by atoms with Gasteiger partial charge < -0.3 is 15.2 Å². The second-order valence-corrected chi connectivity index (χ2v) is 4.48. The van der Waals surface area contributed by atoms with Crippen molar-refractivity contribution in [1.29, 1.82) is 0 Å². The van der Waals surface area contributed by atoms with E-state index >= 15 is 0 Å². The molecule has 0 aliphatic heterocycles. The molecule has 0 saturated carbocycles. The molecule has 2 N–H and O–H groups in total. The summed E-state index contributed by atoms with van der Waals surface area (Å²) in [6.07, 6.45) is 2.42. The summed E-state index contributed by atoms with van der Waals surface area (Å²) < 4.78 is 4.98. The van der Waals surface area contributed by atoms with Crippen LogP contribution in [0.2, 0.25) is 0 Å². The van der Waals surface area contributed by atoms with Crippen LogP contribution in [-0.2, 0) is 9.59 Å². The van der Waals surface area contributed by atoms with Gasteiger partial charge in [0.2, 0.25) is 5.91 Å². The maximum absolute atomic E-state index is 11.4. The van der Waals surface area contributed by atoms with Crippen molar-refractivity contribution in [2.45, 2.75) is 6.42 Å². The van der Waals surface area contributed by atoms with E-state index in [0.29, 0.717) is 17.9 Å². The van der Waals surface area contributed by atoms with Crippen LogP contribution in [0.3, 0.4) is 0 Å². The van der Waals surface area contributed by atoms with E-state index in [1.807, 2.05) is 6.26 Å². The average Bonchev–Trinajstić information content (AvgIpc) is 2.35. The topological polar surface area (TPSA) is 75.6 Å². The Morgan fingerprint density at radius 1 is 1.33 bits per heavy atom. The zero-order valence-corrected chi connectivity index (χ0v) is 10.8. The normalized spacial score (nSPS) is 9.83. The van der Waals surface area contributed by atoms with Crippen molar-refractivity contribution in [1.82, 2.24) is 0 Å². The van der Waals surface area contributed by atoms with Gasteiger partial charge in [0, 0.05) is 17.9 Å². The van der Waals surface area contributed by atoms with Gasteiger partial charge in [-0.25, -0.2) is 4.79 Å². The van der Waals surface area contributed by atoms with Gasteiger partial charge in [-0.05, 0) is 30.5 Å². The number of carboxylic acids is 1. The molecule has 6 heteroatoms. The number of carbonyl (C=O) groups is 2. The van der Waals surface area contributed by atoms with Gasteiger partial charge in [0.25, 0.3) is 0 Å². The lowest BCUT2D eigenvalue weighted by Gasteiger charge is -2.06. The van der Waals surface area contributed by atoms with Crippen LogP contribution in [0.1, 0.15) is 6.42 Å². The number of hydrogen-bond acceptors (Lipinski definition) is 4. The third kappa shape index (κ3) is 5.58. The molecule has 1 aromatic carbocycles. The molecular weight excluding hydrogens is 254 g/mol. The summed E-state index contributed by atoms with van der Waals surface area (Å²) in [7, 11) is 0. The first-order valence-electron chi connectivity index (χ1n) is 5.35. The summed E-state index contributed by atoms with van der Waals surface area (Å²) in [5.41, 5.74) is 0.670. The number of rotatable bonds is 7. The second kappa shape index (κ2) is 7.60. The molecule has 1 rings (SSSR count). The molecule has 0 spiro atoms. The molecule has 1 aromatic rings. The van der Waals surface area contributed by atoms with Gasteiger partial charge in [0.05, 0.1) is 0 Å². The van der Waals surface area contributed by atoms with E-state index in [-0.39, 0.29) is 12.5 Å². The number of thioether (sulfide) groups is 1. The first kappa shape index (κ1) is 14.4. The molecule has 0 unspecified atom stereocenters. The van der Waals surface area contributed by atoms with E-state index in [2.05, 4.69) is 5.32 Å². The highest BCUT2D eigenvalue weighted by molar-refractivity contribution is 7.98. The van der Waals surface area contributed by atoms with Crippen LogP contribution >= 0.6 is 11.8 Å². The Morgan fingerprint density at radius 2 is 2.00 bits per heavy atom. The Bertz CT molecular complexity index is 405. The molecule has 0 aliphatic carbocycles. The van der Waals surface area contributed by atoms with Crippen LogP contribution in [0.5, 0.6) is 5.75 Å². The van der Waals surface area contributed by atoms with Crippen molar-refractivity contribution in [3.8, 4) is 5.75 Å². The molecule has 0 aromatic heterocycles.